The van der Waals surface area contributed by atoms with Crippen LogP contribution in [-0.2, 0) is 4.74 Å². The van der Waals surface area contributed by atoms with Crippen LogP contribution in [0.15, 0.2) is 49.2 Å². The Morgan fingerprint density at radius 2 is 2.08 bits per heavy atom. The molecule has 124 valence electrons. The van der Waals surface area contributed by atoms with Gasteiger partial charge in [0.1, 0.15) is 5.69 Å². The Labute approximate surface area is 139 Å². The number of carbonyl (C=O) groups excluding carboxylic acids is 2. The van der Waals surface area contributed by atoms with Gasteiger partial charge >= 0.3 is 5.97 Å². The van der Waals surface area contributed by atoms with Gasteiger partial charge in [-0.2, -0.15) is 0 Å². The van der Waals surface area contributed by atoms with Crippen molar-refractivity contribution in [2.45, 2.75) is 6.92 Å². The van der Waals surface area contributed by atoms with E-state index in [1.165, 1.54) is 12.3 Å². The lowest BCUT2D eigenvalue weighted by Crippen LogP contribution is -2.18. The van der Waals surface area contributed by atoms with Crippen molar-refractivity contribution in [3.63, 3.8) is 0 Å². The molecule has 0 saturated heterocycles. The minimum Gasteiger partial charge on any atom is -0.462 e. The van der Waals surface area contributed by atoms with E-state index < -0.39 is 11.9 Å². The zero-order valence-corrected chi connectivity index (χ0v) is 13.3. The van der Waals surface area contributed by atoms with Gasteiger partial charge in [0.05, 0.1) is 17.9 Å². The maximum atomic E-state index is 12.4. The molecule has 0 saturated carbocycles. The summed E-state index contributed by atoms with van der Waals surface area (Å²) in [6.45, 7) is 6.05. The minimum absolute atomic E-state index is 0.176. The van der Waals surface area contributed by atoms with Gasteiger partial charge in [-0.25, -0.2) is 14.8 Å². The van der Waals surface area contributed by atoms with Crippen molar-refractivity contribution in [1.29, 1.82) is 0 Å². The number of rotatable bonds is 7. The number of esters is 1. The van der Waals surface area contributed by atoms with Gasteiger partial charge in [-0.05, 0) is 25.1 Å². The highest BCUT2D eigenvalue weighted by molar-refractivity contribution is 6.07. The van der Waals surface area contributed by atoms with Gasteiger partial charge in [0.15, 0.2) is 0 Å². The Kier molecular flexibility index (Phi) is 6.01. The number of para-hydroxylation sites is 1. The van der Waals surface area contributed by atoms with Crippen LogP contribution in [0.3, 0.4) is 0 Å². The van der Waals surface area contributed by atoms with Crippen molar-refractivity contribution in [2.75, 3.05) is 23.8 Å². The number of ether oxygens (including phenoxy) is 1. The standard InChI is InChI=1S/C17H18N4O3/c1-3-10-18-17-19-11-9-14(21-17)15(22)20-13-8-6-5-7-12(13)16(23)24-4-2/h3,5-9,11H,1,4,10H2,2H3,(H,20,22)(H,18,19,21). The zero-order chi connectivity index (χ0) is 17.4. The van der Waals surface area contributed by atoms with E-state index in [2.05, 4.69) is 27.2 Å². The number of carbonyl (C=O) groups is 2. The van der Waals surface area contributed by atoms with Crippen molar-refractivity contribution >= 4 is 23.5 Å². The SMILES string of the molecule is C=CCNc1nccc(C(=O)Nc2ccccc2C(=O)OCC)n1. The van der Waals surface area contributed by atoms with E-state index in [0.717, 1.165) is 0 Å². The van der Waals surface area contributed by atoms with Gasteiger partial charge in [-0.1, -0.05) is 18.2 Å². The van der Waals surface area contributed by atoms with Gasteiger partial charge in [-0.15, -0.1) is 6.58 Å². The topological polar surface area (TPSA) is 93.2 Å². The second-order valence-electron chi connectivity index (χ2n) is 4.66. The lowest BCUT2D eigenvalue weighted by atomic mass is 10.1. The van der Waals surface area contributed by atoms with Crippen LogP contribution in [0.2, 0.25) is 0 Å². The first-order chi connectivity index (χ1) is 11.7. The Morgan fingerprint density at radius 3 is 2.83 bits per heavy atom. The molecule has 2 aromatic rings. The monoisotopic (exact) mass is 326 g/mol. The van der Waals surface area contributed by atoms with Crippen molar-refractivity contribution in [1.82, 2.24) is 9.97 Å². The molecule has 1 amide bonds. The molecular formula is C17H18N4O3. The Hall–Kier alpha value is -3.22. The van der Waals surface area contributed by atoms with Crippen molar-refractivity contribution in [2.24, 2.45) is 0 Å². The fraction of sp³-hybridized carbons (Fsp3) is 0.176. The third kappa shape index (κ3) is 4.39. The van der Waals surface area contributed by atoms with E-state index in [-0.39, 0.29) is 17.9 Å². The molecule has 7 heteroatoms. The Balaban J connectivity index is 2.18. The number of benzene rings is 1. The summed E-state index contributed by atoms with van der Waals surface area (Å²) in [6.07, 6.45) is 3.14. The number of anilines is 2. The summed E-state index contributed by atoms with van der Waals surface area (Å²) in [4.78, 5) is 32.4. The van der Waals surface area contributed by atoms with Crippen molar-refractivity contribution in [3.8, 4) is 0 Å². The maximum absolute atomic E-state index is 12.4. The third-order valence-corrected chi connectivity index (χ3v) is 2.96. The molecule has 0 fully saturated rings. The van der Waals surface area contributed by atoms with Crippen LogP contribution in [-0.4, -0.2) is 35.0 Å². The molecule has 0 aliphatic rings. The van der Waals surface area contributed by atoms with Gasteiger partial charge < -0.3 is 15.4 Å². The first-order valence-corrected chi connectivity index (χ1v) is 7.41. The van der Waals surface area contributed by atoms with Gasteiger partial charge in [0.25, 0.3) is 5.91 Å². The molecule has 0 spiro atoms. The van der Waals surface area contributed by atoms with Crippen molar-refractivity contribution in [3.05, 3.63) is 60.4 Å². The second-order valence-corrected chi connectivity index (χ2v) is 4.66. The molecule has 0 atom stereocenters. The smallest absolute Gasteiger partial charge is 0.340 e. The largest absolute Gasteiger partial charge is 0.462 e. The normalized spacial score (nSPS) is 9.88. The number of nitrogens with zero attached hydrogens (tertiary/aromatic N) is 2. The molecule has 1 aromatic heterocycles. The summed E-state index contributed by atoms with van der Waals surface area (Å²) in [5, 5.41) is 5.58. The molecule has 0 aliphatic heterocycles. The Bertz CT molecular complexity index is 746. The average molecular weight is 326 g/mol. The van der Waals surface area contributed by atoms with Crippen LogP contribution in [0.5, 0.6) is 0 Å². The van der Waals surface area contributed by atoms with E-state index in [0.29, 0.717) is 18.2 Å². The van der Waals surface area contributed by atoms with Crippen LogP contribution in [0, 0.1) is 0 Å². The summed E-state index contributed by atoms with van der Waals surface area (Å²) < 4.78 is 4.98. The summed E-state index contributed by atoms with van der Waals surface area (Å²) >= 11 is 0. The number of amides is 1. The minimum atomic E-state index is -0.496. The van der Waals surface area contributed by atoms with Crippen LogP contribution in [0.25, 0.3) is 0 Å². The van der Waals surface area contributed by atoms with E-state index >= 15 is 0 Å². The van der Waals surface area contributed by atoms with Crippen LogP contribution in [0.1, 0.15) is 27.8 Å². The third-order valence-electron chi connectivity index (χ3n) is 2.96. The highest BCUT2D eigenvalue weighted by atomic mass is 16.5. The molecule has 0 unspecified atom stereocenters. The summed E-state index contributed by atoms with van der Waals surface area (Å²) in [7, 11) is 0. The van der Waals surface area contributed by atoms with Crippen molar-refractivity contribution < 1.29 is 14.3 Å². The van der Waals surface area contributed by atoms with Gasteiger partial charge in [-0.3, -0.25) is 4.79 Å². The number of hydrogen-bond donors (Lipinski definition) is 2. The molecule has 2 N–H and O–H groups in total. The molecule has 2 rings (SSSR count). The lowest BCUT2D eigenvalue weighted by molar-refractivity contribution is 0.0527. The van der Waals surface area contributed by atoms with E-state index in [1.54, 1.807) is 37.3 Å². The highest BCUT2D eigenvalue weighted by Crippen LogP contribution is 2.17. The molecule has 7 nitrogen and oxygen atoms in total. The zero-order valence-electron chi connectivity index (χ0n) is 13.3. The van der Waals surface area contributed by atoms with Crippen LogP contribution in [0.4, 0.5) is 11.6 Å². The fourth-order valence-electron chi connectivity index (χ4n) is 1.90. The molecule has 0 bridgehead atoms. The summed E-state index contributed by atoms with van der Waals surface area (Å²) in [5.74, 6) is -0.624. The fourth-order valence-corrected chi connectivity index (χ4v) is 1.90. The van der Waals surface area contributed by atoms with E-state index in [1.807, 2.05) is 0 Å². The quantitative estimate of drug-likeness (QED) is 0.600. The molecule has 24 heavy (non-hydrogen) atoms. The maximum Gasteiger partial charge on any atom is 0.340 e. The summed E-state index contributed by atoms with van der Waals surface area (Å²) in [5.41, 5.74) is 0.821. The first-order valence-electron chi connectivity index (χ1n) is 7.41. The van der Waals surface area contributed by atoms with Gasteiger partial charge in [0.2, 0.25) is 5.95 Å². The molecule has 1 aromatic carbocycles. The summed E-state index contributed by atoms with van der Waals surface area (Å²) in [6, 6.07) is 8.12. The average Bonchev–Trinajstić information content (AvgIpc) is 2.61. The predicted octanol–water partition coefficient (Wildman–Crippen LogP) is 2.50. The second kappa shape index (κ2) is 8.42. The molecular weight excluding hydrogens is 308 g/mol. The molecule has 1 heterocycles. The van der Waals surface area contributed by atoms with Crippen LogP contribution < -0.4 is 10.6 Å². The van der Waals surface area contributed by atoms with E-state index in [9.17, 15) is 9.59 Å². The Morgan fingerprint density at radius 1 is 1.29 bits per heavy atom. The number of aromatic nitrogens is 2. The molecule has 0 radical (unpaired) electrons. The number of nitrogens with one attached hydrogen (secondary N) is 2. The van der Waals surface area contributed by atoms with Crippen LogP contribution >= 0.6 is 0 Å². The van der Waals surface area contributed by atoms with Gasteiger partial charge in [0, 0.05) is 12.7 Å². The highest BCUT2D eigenvalue weighted by Gasteiger charge is 2.15. The molecule has 0 aliphatic carbocycles. The predicted molar refractivity (Wildman–Crippen MR) is 91.1 cm³/mol. The van der Waals surface area contributed by atoms with E-state index in [4.69, 9.17) is 4.74 Å². The first kappa shape index (κ1) is 17.1. The lowest BCUT2D eigenvalue weighted by Gasteiger charge is -2.10. The number of hydrogen-bond acceptors (Lipinski definition) is 6.